The summed E-state index contributed by atoms with van der Waals surface area (Å²) < 4.78 is 45.0. The first-order valence-corrected chi connectivity index (χ1v) is 13.1. The van der Waals surface area contributed by atoms with Crippen LogP contribution in [0.4, 0.5) is 4.79 Å². The van der Waals surface area contributed by atoms with Crippen LogP contribution in [0.2, 0.25) is 0 Å². The fraction of sp³-hybridized carbons (Fsp3) is 0.130. The van der Waals surface area contributed by atoms with Gasteiger partial charge in [-0.15, -0.1) is 3.77 Å². The summed E-state index contributed by atoms with van der Waals surface area (Å²) in [5, 5.41) is 0. The number of ether oxygens (including phenoxy) is 3. The van der Waals surface area contributed by atoms with E-state index in [1.54, 1.807) is 48.5 Å². The third kappa shape index (κ3) is 6.04. The Hall–Kier alpha value is -3.15. The number of methoxy groups -OCH3 is 3. The molecule has 0 saturated heterocycles. The van der Waals surface area contributed by atoms with Crippen LogP contribution in [-0.4, -0.2) is 40.2 Å². The molecule has 0 saturated carbocycles. The van der Waals surface area contributed by atoms with Crippen molar-refractivity contribution in [3.63, 3.8) is 0 Å². The van der Waals surface area contributed by atoms with E-state index in [1.165, 1.54) is 38.5 Å². The molecule has 3 aromatic carbocycles. The van der Waals surface area contributed by atoms with Crippen molar-refractivity contribution in [1.29, 1.82) is 0 Å². The molecule has 0 amide bonds. The van der Waals surface area contributed by atoms with Crippen molar-refractivity contribution in [1.82, 2.24) is 0 Å². The molecule has 0 aliphatic rings. The number of nitrogens with zero attached hydrogens (tertiary/aromatic N) is 1. The van der Waals surface area contributed by atoms with Crippen molar-refractivity contribution in [2.45, 2.75) is 14.7 Å². The molecule has 0 N–H and O–H groups in total. The Morgan fingerprint density at radius 3 is 1.94 bits per heavy atom. The largest absolute Gasteiger partial charge is 0.497 e. The first-order valence-electron chi connectivity index (χ1n) is 9.68. The highest BCUT2D eigenvalue weighted by atomic mass is 32.3. The van der Waals surface area contributed by atoms with E-state index in [4.69, 9.17) is 14.2 Å². The van der Waals surface area contributed by atoms with Gasteiger partial charge in [-0.25, -0.2) is 4.79 Å². The van der Waals surface area contributed by atoms with Gasteiger partial charge in [0.1, 0.15) is 16.4 Å². The van der Waals surface area contributed by atoms with E-state index in [1.807, 2.05) is 0 Å². The molecule has 0 fully saturated rings. The van der Waals surface area contributed by atoms with Crippen LogP contribution in [0.1, 0.15) is 10.4 Å². The van der Waals surface area contributed by atoms with Crippen LogP contribution in [0.3, 0.4) is 0 Å². The summed E-state index contributed by atoms with van der Waals surface area (Å²) in [6.07, 6.45) is 0. The standard InChI is InChI=1S/C23H21NO7S3/c1-29-16-8-12-18(13-9-16)32-23(26)33(19-14-10-17(30-2)11-15-19)24-34(27,28)21-7-5-4-6-20(21)22(25)31-3/h4-15H,1-3H3. The highest BCUT2D eigenvalue weighted by Gasteiger charge is 2.25. The number of sulfonamides is 1. The highest BCUT2D eigenvalue weighted by Crippen LogP contribution is 2.30. The van der Waals surface area contributed by atoms with Gasteiger partial charge in [0.2, 0.25) is 0 Å². The Kier molecular flexibility index (Phi) is 8.48. The van der Waals surface area contributed by atoms with Crippen LogP contribution >= 0.6 is 11.8 Å². The lowest BCUT2D eigenvalue weighted by molar-refractivity contribution is 0.0596. The Morgan fingerprint density at radius 1 is 0.824 bits per heavy atom. The van der Waals surface area contributed by atoms with E-state index in [9.17, 15) is 18.0 Å². The van der Waals surface area contributed by atoms with Crippen LogP contribution in [0.5, 0.6) is 11.5 Å². The van der Waals surface area contributed by atoms with Crippen molar-refractivity contribution < 1.29 is 32.2 Å². The summed E-state index contributed by atoms with van der Waals surface area (Å²) in [4.78, 5) is 26.0. The molecule has 0 spiro atoms. The molecule has 0 aliphatic heterocycles. The fourth-order valence-corrected chi connectivity index (χ4v) is 7.35. The molecular formula is C23H21NO7S3. The normalized spacial score (nSPS) is 12.1. The van der Waals surface area contributed by atoms with Gasteiger partial charge in [-0.05, 0) is 72.4 Å². The highest BCUT2D eigenvalue weighted by molar-refractivity contribution is 8.34. The number of hydrogen-bond donors (Lipinski definition) is 0. The third-order valence-corrected chi connectivity index (χ3v) is 9.17. The van der Waals surface area contributed by atoms with Crippen molar-refractivity contribution in [2.75, 3.05) is 21.3 Å². The van der Waals surface area contributed by atoms with E-state index < -0.39 is 31.1 Å². The first kappa shape index (κ1) is 25.5. The van der Waals surface area contributed by atoms with Gasteiger partial charge in [0.15, 0.2) is 0 Å². The van der Waals surface area contributed by atoms with Gasteiger partial charge in [0.25, 0.3) is 14.5 Å². The SMILES string of the molecule is COC(=O)c1ccccc1S(=O)(=O)N=S(C(=O)Sc1ccc(OC)cc1)c1ccc(OC)cc1. The smallest absolute Gasteiger partial charge is 0.339 e. The summed E-state index contributed by atoms with van der Waals surface area (Å²) in [6.45, 7) is 0. The fourth-order valence-electron chi connectivity index (χ4n) is 2.76. The molecule has 0 heterocycles. The van der Waals surface area contributed by atoms with Crippen LogP contribution in [-0.2, 0) is 25.5 Å². The molecule has 8 nitrogen and oxygen atoms in total. The molecule has 1 unspecified atom stereocenters. The molecule has 1 atom stereocenters. The Morgan fingerprint density at radius 2 is 1.38 bits per heavy atom. The van der Waals surface area contributed by atoms with Crippen molar-refractivity contribution in [3.8, 4) is 11.5 Å². The first-order chi connectivity index (χ1) is 16.3. The van der Waals surface area contributed by atoms with Crippen LogP contribution < -0.4 is 9.47 Å². The van der Waals surface area contributed by atoms with E-state index in [0.29, 0.717) is 21.3 Å². The maximum atomic E-state index is 13.3. The predicted molar refractivity (Wildman–Crippen MR) is 130 cm³/mol. The molecule has 3 rings (SSSR count). The Balaban J connectivity index is 2.09. The minimum atomic E-state index is -4.41. The van der Waals surface area contributed by atoms with Gasteiger partial charge in [0.05, 0.1) is 26.9 Å². The molecule has 3 aromatic rings. The number of hydrogen-bond acceptors (Lipinski definition) is 8. The minimum absolute atomic E-state index is 0.165. The number of carbonyl (C=O) groups is 2. The monoisotopic (exact) mass is 519 g/mol. The number of carbonyl (C=O) groups excluding carboxylic acids is 2. The molecule has 178 valence electrons. The van der Waals surface area contributed by atoms with E-state index in [-0.39, 0.29) is 10.5 Å². The van der Waals surface area contributed by atoms with Crippen LogP contribution in [0.15, 0.2) is 91.3 Å². The van der Waals surface area contributed by atoms with Gasteiger partial charge in [-0.1, -0.05) is 12.1 Å². The lowest BCUT2D eigenvalue weighted by Crippen LogP contribution is -2.11. The second kappa shape index (κ2) is 11.3. The van der Waals surface area contributed by atoms with Crippen LogP contribution in [0.25, 0.3) is 0 Å². The van der Waals surface area contributed by atoms with Crippen molar-refractivity contribution >= 4 is 42.9 Å². The van der Waals surface area contributed by atoms with Crippen LogP contribution in [0, 0.1) is 0 Å². The Labute approximate surface area is 204 Å². The second-order valence-corrected chi connectivity index (χ2v) is 11.2. The van der Waals surface area contributed by atoms with Crippen molar-refractivity contribution in [3.05, 3.63) is 78.4 Å². The number of rotatable bonds is 7. The minimum Gasteiger partial charge on any atom is -0.497 e. The number of benzene rings is 3. The van der Waals surface area contributed by atoms with Gasteiger partial charge in [-0.3, -0.25) is 4.79 Å². The van der Waals surface area contributed by atoms with E-state index in [2.05, 4.69) is 3.77 Å². The lowest BCUT2D eigenvalue weighted by Gasteiger charge is -2.10. The number of esters is 1. The second-order valence-electron chi connectivity index (χ2n) is 6.53. The summed E-state index contributed by atoms with van der Waals surface area (Å²) in [7, 11) is -1.94. The predicted octanol–water partition coefficient (Wildman–Crippen LogP) is 4.95. The number of thioether (sulfide) groups is 1. The Bertz CT molecular complexity index is 1320. The molecule has 34 heavy (non-hydrogen) atoms. The third-order valence-electron chi connectivity index (χ3n) is 4.44. The van der Waals surface area contributed by atoms with Gasteiger partial charge >= 0.3 is 5.97 Å². The molecular weight excluding hydrogens is 498 g/mol. The zero-order valence-corrected chi connectivity index (χ0v) is 20.9. The van der Waals surface area contributed by atoms with E-state index >= 15 is 0 Å². The van der Waals surface area contributed by atoms with Crippen molar-refractivity contribution in [2.24, 2.45) is 3.77 Å². The maximum Gasteiger partial charge on any atom is 0.339 e. The van der Waals surface area contributed by atoms with E-state index in [0.717, 1.165) is 18.9 Å². The molecule has 0 aromatic heterocycles. The average Bonchev–Trinajstić information content (AvgIpc) is 2.87. The summed E-state index contributed by atoms with van der Waals surface area (Å²) in [6, 6.07) is 18.7. The summed E-state index contributed by atoms with van der Waals surface area (Å²) in [5.74, 6) is 0.344. The zero-order chi connectivity index (χ0) is 24.7. The quantitative estimate of drug-likeness (QED) is 0.319. The lowest BCUT2D eigenvalue weighted by atomic mass is 10.2. The van der Waals surface area contributed by atoms with Gasteiger partial charge in [-0.2, -0.15) is 8.42 Å². The molecule has 0 aliphatic carbocycles. The summed E-state index contributed by atoms with van der Waals surface area (Å²) >= 11 is 0.863. The maximum absolute atomic E-state index is 13.3. The average molecular weight is 520 g/mol. The van der Waals surface area contributed by atoms with Gasteiger partial charge < -0.3 is 14.2 Å². The zero-order valence-electron chi connectivity index (χ0n) is 18.5. The van der Waals surface area contributed by atoms with Gasteiger partial charge in [0, 0.05) is 20.5 Å². The molecule has 0 radical (unpaired) electrons. The molecule has 0 bridgehead atoms. The molecule has 11 heteroatoms. The summed E-state index contributed by atoms with van der Waals surface area (Å²) in [5.41, 5.74) is -0.165. The topological polar surface area (TPSA) is 108 Å².